The molecule has 0 aliphatic rings. The molecule has 0 aliphatic heterocycles. The number of hydrogen-bond donors (Lipinski definition) is 1. The zero-order valence-electron chi connectivity index (χ0n) is 9.92. The van der Waals surface area contributed by atoms with Crippen LogP contribution in [0.25, 0.3) is 11.3 Å². The second kappa shape index (κ2) is 5.42. The van der Waals surface area contributed by atoms with Gasteiger partial charge < -0.3 is 9.73 Å². The lowest BCUT2D eigenvalue weighted by Crippen LogP contribution is -2.11. The Morgan fingerprint density at radius 3 is 2.94 bits per heavy atom. The fourth-order valence-corrected chi connectivity index (χ4v) is 1.59. The van der Waals surface area contributed by atoms with Crippen molar-refractivity contribution in [3.05, 3.63) is 46.5 Å². The molecule has 6 nitrogen and oxygen atoms in total. The number of aromatic nitrogens is 1. The first-order valence-electron chi connectivity index (χ1n) is 5.61. The Labute approximate surface area is 104 Å². The number of hydrogen-bond acceptors (Lipinski definition) is 5. The van der Waals surface area contributed by atoms with Crippen LogP contribution >= 0.6 is 0 Å². The first kappa shape index (κ1) is 12.3. The topological polar surface area (TPSA) is 81.2 Å². The minimum atomic E-state index is -0.429. The molecule has 1 heterocycles. The normalized spacial score (nSPS) is 10.5. The highest BCUT2D eigenvalue weighted by Gasteiger charge is 2.17. The molecule has 2 rings (SSSR count). The van der Waals surface area contributed by atoms with E-state index in [-0.39, 0.29) is 5.69 Å². The zero-order chi connectivity index (χ0) is 13.0. The minimum absolute atomic E-state index is 0.0173. The maximum absolute atomic E-state index is 10.9. The summed E-state index contributed by atoms with van der Waals surface area (Å²) >= 11 is 0. The Balaban J connectivity index is 2.31. The molecule has 0 radical (unpaired) electrons. The van der Waals surface area contributed by atoms with Crippen LogP contribution in [0.2, 0.25) is 0 Å². The molecule has 0 aliphatic carbocycles. The van der Waals surface area contributed by atoms with E-state index < -0.39 is 4.92 Å². The number of nitrogens with zero attached hydrogens (tertiary/aromatic N) is 2. The van der Waals surface area contributed by atoms with Gasteiger partial charge in [-0.05, 0) is 12.6 Å². The average molecular weight is 247 g/mol. The highest BCUT2D eigenvalue weighted by atomic mass is 16.6. The highest BCUT2D eigenvalue weighted by molar-refractivity contribution is 5.68. The van der Waals surface area contributed by atoms with Gasteiger partial charge in [-0.2, -0.15) is 0 Å². The van der Waals surface area contributed by atoms with Gasteiger partial charge in [0.15, 0.2) is 5.76 Å². The molecule has 94 valence electrons. The molecule has 0 bridgehead atoms. The number of oxazole rings is 1. The van der Waals surface area contributed by atoms with E-state index in [4.69, 9.17) is 4.42 Å². The summed E-state index contributed by atoms with van der Waals surface area (Å²) in [5.41, 5.74) is 0.460. The van der Waals surface area contributed by atoms with Crippen LogP contribution in [0.5, 0.6) is 0 Å². The van der Waals surface area contributed by atoms with Crippen LogP contribution in [0.4, 0.5) is 5.69 Å². The molecule has 18 heavy (non-hydrogen) atoms. The van der Waals surface area contributed by atoms with Crippen LogP contribution in [0.3, 0.4) is 0 Å². The van der Waals surface area contributed by atoms with Crippen LogP contribution in [0.1, 0.15) is 12.8 Å². The van der Waals surface area contributed by atoms with Crippen molar-refractivity contribution < 1.29 is 9.34 Å². The van der Waals surface area contributed by atoms with E-state index >= 15 is 0 Å². The predicted octanol–water partition coefficient (Wildman–Crippen LogP) is 2.36. The lowest BCUT2D eigenvalue weighted by Gasteiger charge is -1.98. The van der Waals surface area contributed by atoms with Crippen molar-refractivity contribution >= 4 is 5.69 Å². The van der Waals surface area contributed by atoms with Crippen LogP contribution in [0, 0.1) is 10.1 Å². The van der Waals surface area contributed by atoms with E-state index in [0.29, 0.717) is 23.8 Å². The van der Waals surface area contributed by atoms with Crippen LogP contribution in [-0.4, -0.2) is 16.5 Å². The van der Waals surface area contributed by atoms with Crippen molar-refractivity contribution in [3.63, 3.8) is 0 Å². The van der Waals surface area contributed by atoms with E-state index in [9.17, 15) is 10.1 Å². The quantitative estimate of drug-likeness (QED) is 0.648. The van der Waals surface area contributed by atoms with Crippen molar-refractivity contribution in [3.8, 4) is 11.3 Å². The Morgan fingerprint density at radius 1 is 1.44 bits per heavy atom. The first-order valence-corrected chi connectivity index (χ1v) is 5.61. The summed E-state index contributed by atoms with van der Waals surface area (Å²) < 4.78 is 5.48. The maximum Gasteiger partial charge on any atom is 0.280 e. The van der Waals surface area contributed by atoms with E-state index in [1.54, 1.807) is 18.2 Å². The van der Waals surface area contributed by atoms with Gasteiger partial charge in [0, 0.05) is 6.07 Å². The van der Waals surface area contributed by atoms with Gasteiger partial charge in [-0.25, -0.2) is 4.98 Å². The molecule has 0 atom stereocenters. The molecule has 0 saturated carbocycles. The van der Waals surface area contributed by atoms with E-state index in [1.165, 1.54) is 12.3 Å². The van der Waals surface area contributed by atoms with E-state index in [2.05, 4.69) is 10.3 Å². The molecular formula is C12H13N3O3. The molecule has 1 aromatic heterocycles. The molecule has 6 heteroatoms. The van der Waals surface area contributed by atoms with E-state index in [0.717, 1.165) is 6.54 Å². The fourth-order valence-electron chi connectivity index (χ4n) is 1.59. The number of nitro groups is 1. The summed E-state index contributed by atoms with van der Waals surface area (Å²) in [6.07, 6.45) is 1.51. The molecule has 0 saturated heterocycles. The van der Waals surface area contributed by atoms with Crippen molar-refractivity contribution in [2.24, 2.45) is 0 Å². The van der Waals surface area contributed by atoms with Gasteiger partial charge in [0.2, 0.25) is 5.89 Å². The van der Waals surface area contributed by atoms with Crippen molar-refractivity contribution in [1.29, 1.82) is 0 Å². The summed E-state index contributed by atoms with van der Waals surface area (Å²) in [4.78, 5) is 14.6. The second-order valence-electron chi connectivity index (χ2n) is 3.67. The summed E-state index contributed by atoms with van der Waals surface area (Å²) in [7, 11) is 0. The molecule has 0 spiro atoms. The largest absolute Gasteiger partial charge is 0.439 e. The van der Waals surface area contributed by atoms with Crippen LogP contribution < -0.4 is 5.32 Å². The van der Waals surface area contributed by atoms with Crippen molar-refractivity contribution in [1.82, 2.24) is 10.3 Å². The van der Waals surface area contributed by atoms with Crippen molar-refractivity contribution in [2.45, 2.75) is 13.5 Å². The van der Waals surface area contributed by atoms with Gasteiger partial charge >= 0.3 is 0 Å². The first-order chi connectivity index (χ1) is 8.72. The Hall–Kier alpha value is -2.21. The van der Waals surface area contributed by atoms with E-state index in [1.807, 2.05) is 6.92 Å². The summed E-state index contributed by atoms with van der Waals surface area (Å²) in [5.74, 6) is 0.931. The average Bonchev–Trinajstić information content (AvgIpc) is 2.85. The minimum Gasteiger partial charge on any atom is -0.439 e. The third-order valence-corrected chi connectivity index (χ3v) is 2.45. The van der Waals surface area contributed by atoms with Gasteiger partial charge in [-0.15, -0.1) is 0 Å². The Morgan fingerprint density at radius 2 is 2.22 bits per heavy atom. The fraction of sp³-hybridized carbons (Fsp3) is 0.250. The number of nitro benzene ring substituents is 1. The summed E-state index contributed by atoms with van der Waals surface area (Å²) in [6.45, 7) is 3.30. The molecule has 1 aromatic carbocycles. The maximum atomic E-state index is 10.9. The third-order valence-electron chi connectivity index (χ3n) is 2.45. The van der Waals surface area contributed by atoms with Gasteiger partial charge in [0.05, 0.1) is 23.2 Å². The SMILES string of the molecule is CCNCc1ncc(-c2ccccc2[N+](=O)[O-])o1. The van der Waals surface area contributed by atoms with Crippen LogP contribution in [0.15, 0.2) is 34.9 Å². The molecule has 2 aromatic rings. The molecule has 0 unspecified atom stereocenters. The lowest BCUT2D eigenvalue weighted by atomic mass is 10.1. The van der Waals surface area contributed by atoms with Gasteiger partial charge in [0.25, 0.3) is 5.69 Å². The monoisotopic (exact) mass is 247 g/mol. The van der Waals surface area contributed by atoms with Gasteiger partial charge in [-0.1, -0.05) is 19.1 Å². The highest BCUT2D eigenvalue weighted by Crippen LogP contribution is 2.29. The Bertz CT molecular complexity index is 551. The zero-order valence-corrected chi connectivity index (χ0v) is 9.92. The number of benzene rings is 1. The van der Waals surface area contributed by atoms with Gasteiger partial charge in [0.1, 0.15) is 0 Å². The number of para-hydroxylation sites is 1. The standard InChI is InChI=1S/C12H13N3O3/c1-2-13-8-12-14-7-11(18-12)9-5-3-4-6-10(9)15(16)17/h3-7,13H,2,8H2,1H3. The number of rotatable bonds is 5. The second-order valence-corrected chi connectivity index (χ2v) is 3.67. The summed E-state index contributed by atoms with van der Waals surface area (Å²) in [6, 6.07) is 6.45. The Kier molecular flexibility index (Phi) is 3.69. The molecule has 0 fully saturated rings. The number of nitrogens with one attached hydrogen (secondary N) is 1. The molecular weight excluding hydrogens is 234 g/mol. The molecule has 1 N–H and O–H groups in total. The lowest BCUT2D eigenvalue weighted by molar-refractivity contribution is -0.384. The summed E-state index contributed by atoms with van der Waals surface area (Å²) in [5, 5.41) is 14.0. The third kappa shape index (κ3) is 2.54. The predicted molar refractivity (Wildman–Crippen MR) is 66.0 cm³/mol. The smallest absolute Gasteiger partial charge is 0.280 e. The van der Waals surface area contributed by atoms with Crippen molar-refractivity contribution in [2.75, 3.05) is 6.54 Å². The van der Waals surface area contributed by atoms with Gasteiger partial charge in [-0.3, -0.25) is 10.1 Å². The molecule has 0 amide bonds. The van der Waals surface area contributed by atoms with Crippen LogP contribution in [-0.2, 0) is 6.54 Å².